The fourth-order valence-electron chi connectivity index (χ4n) is 3.18. The Morgan fingerprint density at radius 1 is 0.967 bits per heavy atom. The first-order valence-corrected chi connectivity index (χ1v) is 9.67. The maximum Gasteiger partial charge on any atom is 0.280 e. The molecule has 0 bridgehead atoms. The summed E-state index contributed by atoms with van der Waals surface area (Å²) in [5.74, 6) is 1.06. The van der Waals surface area contributed by atoms with Crippen LogP contribution in [-0.4, -0.2) is 18.2 Å². The van der Waals surface area contributed by atoms with E-state index in [1.165, 1.54) is 0 Å². The Morgan fingerprint density at radius 3 is 2.33 bits per heavy atom. The number of methoxy groups -OCH3 is 1. The number of carbonyl (C=O) groups excluding carboxylic acids is 1. The van der Waals surface area contributed by atoms with Gasteiger partial charge in [0.2, 0.25) is 0 Å². The van der Waals surface area contributed by atoms with Crippen molar-refractivity contribution in [3.63, 3.8) is 0 Å². The number of ether oxygens (including phenoxy) is 1. The van der Waals surface area contributed by atoms with E-state index in [1.807, 2.05) is 85.8 Å². The second-order valence-corrected chi connectivity index (χ2v) is 7.02. The minimum Gasteiger partial charge on any atom is -0.497 e. The van der Waals surface area contributed by atoms with Crippen LogP contribution in [-0.2, 0) is 6.54 Å². The van der Waals surface area contributed by atoms with Crippen LogP contribution in [0.4, 0.5) is 5.69 Å². The van der Waals surface area contributed by atoms with Crippen molar-refractivity contribution in [1.29, 1.82) is 0 Å². The van der Waals surface area contributed by atoms with Crippen LogP contribution in [0.2, 0.25) is 0 Å². The molecule has 0 atom stereocenters. The van der Waals surface area contributed by atoms with Crippen LogP contribution in [0, 0.1) is 6.92 Å². The summed E-state index contributed by atoms with van der Waals surface area (Å²) in [5.41, 5.74) is 4.07. The summed E-state index contributed by atoms with van der Waals surface area (Å²) >= 11 is 0. The molecule has 0 N–H and O–H groups in total. The predicted octanol–water partition coefficient (Wildman–Crippen LogP) is 5.51. The molecule has 4 aromatic rings. The van der Waals surface area contributed by atoms with E-state index in [0.717, 1.165) is 28.1 Å². The van der Waals surface area contributed by atoms with E-state index < -0.39 is 0 Å². The largest absolute Gasteiger partial charge is 0.497 e. The normalized spacial score (nSPS) is 10.6. The first-order chi connectivity index (χ1) is 14.6. The molecule has 4 rings (SSSR count). The van der Waals surface area contributed by atoms with E-state index >= 15 is 0 Å². The van der Waals surface area contributed by atoms with Gasteiger partial charge in [-0.05, 0) is 36.8 Å². The Morgan fingerprint density at radius 2 is 1.67 bits per heavy atom. The van der Waals surface area contributed by atoms with E-state index in [2.05, 4.69) is 5.16 Å². The molecule has 0 spiro atoms. The summed E-state index contributed by atoms with van der Waals surface area (Å²) in [6.07, 6.45) is 0. The Bertz CT molecular complexity index is 1120. The number of amides is 1. The van der Waals surface area contributed by atoms with E-state index in [-0.39, 0.29) is 11.6 Å². The fourth-order valence-corrected chi connectivity index (χ4v) is 3.18. The number of rotatable bonds is 6. The number of anilines is 1. The lowest BCUT2D eigenvalue weighted by molar-refractivity contribution is 0.0976. The standard InChI is InChI=1S/C25H22N2O3/c1-18-8-10-20(11-9-18)24-16-23(26-30-24)25(28)27(17-19-6-4-3-5-7-19)21-12-14-22(29-2)15-13-21/h3-16H,17H2,1-2H3. The van der Waals surface area contributed by atoms with Gasteiger partial charge in [-0.1, -0.05) is 65.3 Å². The maximum atomic E-state index is 13.4. The zero-order chi connectivity index (χ0) is 20.9. The fraction of sp³-hybridized carbons (Fsp3) is 0.120. The minimum absolute atomic E-state index is 0.230. The minimum atomic E-state index is -0.230. The Kier molecular flexibility index (Phi) is 5.61. The van der Waals surface area contributed by atoms with Crippen molar-refractivity contribution in [2.24, 2.45) is 0 Å². The summed E-state index contributed by atoms with van der Waals surface area (Å²) in [4.78, 5) is 15.1. The number of aromatic nitrogens is 1. The molecule has 0 radical (unpaired) electrons. The molecule has 0 fully saturated rings. The van der Waals surface area contributed by atoms with Crippen LogP contribution in [0.15, 0.2) is 89.5 Å². The number of nitrogens with zero attached hydrogens (tertiary/aromatic N) is 2. The van der Waals surface area contributed by atoms with Gasteiger partial charge in [-0.25, -0.2) is 0 Å². The number of carbonyl (C=O) groups is 1. The van der Waals surface area contributed by atoms with Gasteiger partial charge in [-0.15, -0.1) is 0 Å². The van der Waals surface area contributed by atoms with Crippen LogP contribution >= 0.6 is 0 Å². The molecule has 0 aliphatic rings. The number of hydrogen-bond donors (Lipinski definition) is 0. The summed E-state index contributed by atoms with van der Waals surface area (Å²) in [7, 11) is 1.61. The van der Waals surface area contributed by atoms with Gasteiger partial charge in [0.1, 0.15) is 5.75 Å². The molecule has 0 saturated carbocycles. The topological polar surface area (TPSA) is 55.6 Å². The lowest BCUT2D eigenvalue weighted by Crippen LogP contribution is -2.30. The van der Waals surface area contributed by atoms with Crippen molar-refractivity contribution in [3.05, 3.63) is 102 Å². The SMILES string of the molecule is COc1ccc(N(Cc2ccccc2)C(=O)c2cc(-c3ccc(C)cc3)on2)cc1. The molecule has 0 aliphatic heterocycles. The van der Waals surface area contributed by atoms with Crippen molar-refractivity contribution < 1.29 is 14.1 Å². The van der Waals surface area contributed by atoms with Gasteiger partial charge in [-0.2, -0.15) is 0 Å². The first-order valence-electron chi connectivity index (χ1n) is 9.67. The highest BCUT2D eigenvalue weighted by molar-refractivity contribution is 6.05. The second-order valence-electron chi connectivity index (χ2n) is 7.02. The van der Waals surface area contributed by atoms with Gasteiger partial charge in [0.25, 0.3) is 5.91 Å². The molecular formula is C25H22N2O3. The third-order valence-electron chi connectivity index (χ3n) is 4.88. The number of hydrogen-bond acceptors (Lipinski definition) is 4. The number of aryl methyl sites for hydroxylation is 1. The summed E-state index contributed by atoms with van der Waals surface area (Å²) < 4.78 is 10.7. The van der Waals surface area contributed by atoms with Gasteiger partial charge in [0.15, 0.2) is 11.5 Å². The molecule has 1 amide bonds. The highest BCUT2D eigenvalue weighted by Crippen LogP contribution is 2.25. The Labute approximate surface area is 175 Å². The van der Waals surface area contributed by atoms with Gasteiger partial charge in [0.05, 0.1) is 13.7 Å². The molecule has 30 heavy (non-hydrogen) atoms. The summed E-state index contributed by atoms with van der Waals surface area (Å²) in [6.45, 7) is 2.44. The van der Waals surface area contributed by atoms with Crippen molar-refractivity contribution in [2.45, 2.75) is 13.5 Å². The Hall–Kier alpha value is -3.86. The quantitative estimate of drug-likeness (QED) is 0.430. The summed E-state index contributed by atoms with van der Waals surface area (Å²) in [6, 6.07) is 26.8. The van der Waals surface area contributed by atoms with Crippen LogP contribution in [0.3, 0.4) is 0 Å². The van der Waals surface area contributed by atoms with Crippen LogP contribution in [0.25, 0.3) is 11.3 Å². The third kappa shape index (κ3) is 4.25. The van der Waals surface area contributed by atoms with E-state index in [9.17, 15) is 4.79 Å². The van der Waals surface area contributed by atoms with Crippen molar-refractivity contribution in [2.75, 3.05) is 12.0 Å². The van der Waals surface area contributed by atoms with Gasteiger partial charge < -0.3 is 14.2 Å². The van der Waals surface area contributed by atoms with Crippen LogP contribution in [0.5, 0.6) is 5.75 Å². The van der Waals surface area contributed by atoms with Crippen molar-refractivity contribution in [1.82, 2.24) is 5.16 Å². The smallest absolute Gasteiger partial charge is 0.280 e. The average molecular weight is 398 g/mol. The Balaban J connectivity index is 1.65. The lowest BCUT2D eigenvalue weighted by Gasteiger charge is -2.22. The van der Waals surface area contributed by atoms with E-state index in [1.54, 1.807) is 18.1 Å². The highest BCUT2D eigenvalue weighted by Gasteiger charge is 2.22. The second kappa shape index (κ2) is 8.66. The van der Waals surface area contributed by atoms with Crippen LogP contribution < -0.4 is 9.64 Å². The lowest BCUT2D eigenvalue weighted by atomic mass is 10.1. The first kappa shape index (κ1) is 19.5. The van der Waals surface area contributed by atoms with E-state index in [4.69, 9.17) is 9.26 Å². The van der Waals surface area contributed by atoms with Gasteiger partial charge >= 0.3 is 0 Å². The molecule has 0 saturated heterocycles. The maximum absolute atomic E-state index is 13.4. The molecular weight excluding hydrogens is 376 g/mol. The predicted molar refractivity (Wildman–Crippen MR) is 117 cm³/mol. The number of benzene rings is 3. The molecule has 0 unspecified atom stereocenters. The summed E-state index contributed by atoms with van der Waals surface area (Å²) in [5, 5.41) is 4.05. The molecule has 1 heterocycles. The molecule has 1 aromatic heterocycles. The van der Waals surface area contributed by atoms with Crippen molar-refractivity contribution >= 4 is 11.6 Å². The molecule has 3 aromatic carbocycles. The van der Waals surface area contributed by atoms with Crippen molar-refractivity contribution in [3.8, 4) is 17.1 Å². The zero-order valence-corrected chi connectivity index (χ0v) is 16.9. The van der Waals surface area contributed by atoms with E-state index in [0.29, 0.717) is 12.3 Å². The average Bonchev–Trinajstić information content (AvgIpc) is 3.29. The zero-order valence-electron chi connectivity index (χ0n) is 16.9. The van der Waals surface area contributed by atoms with Gasteiger partial charge in [0, 0.05) is 17.3 Å². The monoisotopic (exact) mass is 398 g/mol. The third-order valence-corrected chi connectivity index (χ3v) is 4.88. The van der Waals surface area contributed by atoms with Gasteiger partial charge in [-0.3, -0.25) is 4.79 Å². The molecule has 150 valence electrons. The molecule has 5 heteroatoms. The highest BCUT2D eigenvalue weighted by atomic mass is 16.5. The molecule has 0 aliphatic carbocycles. The van der Waals surface area contributed by atoms with Crippen LogP contribution in [0.1, 0.15) is 21.6 Å². The molecule has 5 nitrogen and oxygen atoms in total.